The average molecular weight is 374 g/mol. The van der Waals surface area contributed by atoms with Crippen molar-refractivity contribution in [3.8, 4) is 11.5 Å². The van der Waals surface area contributed by atoms with Gasteiger partial charge in [0, 0.05) is 10.7 Å². The number of carbonyl (C=O) groups is 1. The number of methoxy groups -OCH3 is 2. The number of carbonyl (C=O) groups excluding carboxylic acids is 1. The Morgan fingerprint density at radius 3 is 2.54 bits per heavy atom. The smallest absolute Gasteiger partial charge is 0.280 e. The van der Waals surface area contributed by atoms with Crippen molar-refractivity contribution in [3.05, 3.63) is 53.2 Å². The number of benzene rings is 2. The lowest BCUT2D eigenvalue weighted by Gasteiger charge is -2.10. The largest absolute Gasteiger partial charge is 0.497 e. The first-order valence-electron chi connectivity index (χ1n) is 7.57. The van der Waals surface area contributed by atoms with Crippen molar-refractivity contribution >= 4 is 34.7 Å². The Bertz CT molecular complexity index is 911. The molecule has 26 heavy (non-hydrogen) atoms. The monoisotopic (exact) mass is 373 g/mol. The van der Waals surface area contributed by atoms with Crippen molar-refractivity contribution in [2.75, 3.05) is 24.9 Å². The quantitative estimate of drug-likeness (QED) is 0.611. The molecule has 3 aromatic rings. The number of aromatic nitrogens is 3. The summed E-state index contributed by atoms with van der Waals surface area (Å²) in [6.07, 6.45) is 0. The molecular formula is C17H16ClN5O3. The maximum atomic E-state index is 12.6. The van der Waals surface area contributed by atoms with Crippen LogP contribution in [0.3, 0.4) is 0 Å². The highest BCUT2D eigenvalue weighted by Crippen LogP contribution is 2.28. The molecule has 3 N–H and O–H groups in total. The Labute approximate surface area is 154 Å². The minimum atomic E-state index is -0.463. The minimum absolute atomic E-state index is 0.0999. The molecule has 0 aliphatic heterocycles. The molecule has 0 aliphatic rings. The number of hydrogen-bond donors (Lipinski definition) is 3. The number of amides is 1. The highest BCUT2D eigenvalue weighted by molar-refractivity contribution is 6.31. The van der Waals surface area contributed by atoms with Crippen molar-refractivity contribution in [1.82, 2.24) is 15.4 Å². The molecule has 0 bridgehead atoms. The van der Waals surface area contributed by atoms with Crippen LogP contribution < -0.4 is 20.1 Å². The van der Waals surface area contributed by atoms with Crippen molar-refractivity contribution in [3.63, 3.8) is 0 Å². The summed E-state index contributed by atoms with van der Waals surface area (Å²) in [7, 11) is 3.10. The molecule has 1 amide bonds. The molecule has 0 atom stereocenters. The van der Waals surface area contributed by atoms with E-state index in [1.54, 1.807) is 49.6 Å². The van der Waals surface area contributed by atoms with Crippen LogP contribution in [0.15, 0.2) is 42.5 Å². The number of H-pyrrole nitrogens is 1. The Balaban J connectivity index is 1.79. The van der Waals surface area contributed by atoms with Gasteiger partial charge in [0.05, 0.1) is 19.9 Å². The van der Waals surface area contributed by atoms with Gasteiger partial charge in [0.15, 0.2) is 11.5 Å². The molecular weight excluding hydrogens is 358 g/mol. The van der Waals surface area contributed by atoms with Crippen molar-refractivity contribution in [2.45, 2.75) is 0 Å². The number of rotatable bonds is 6. The van der Waals surface area contributed by atoms with Crippen molar-refractivity contribution in [1.29, 1.82) is 0 Å². The second-order valence-electron chi connectivity index (χ2n) is 5.17. The van der Waals surface area contributed by atoms with E-state index in [4.69, 9.17) is 21.1 Å². The predicted molar refractivity (Wildman–Crippen MR) is 98.6 cm³/mol. The molecule has 9 heteroatoms. The first-order chi connectivity index (χ1) is 12.6. The first-order valence-corrected chi connectivity index (χ1v) is 7.95. The zero-order chi connectivity index (χ0) is 18.5. The SMILES string of the molecule is COc1ccc(Nc2n[nH]nc2C(=O)Nc2cc(Cl)ccc2OC)cc1. The van der Waals surface area contributed by atoms with Gasteiger partial charge in [-0.3, -0.25) is 4.79 Å². The molecule has 3 rings (SSSR count). The van der Waals surface area contributed by atoms with E-state index in [9.17, 15) is 4.79 Å². The number of aromatic amines is 1. The van der Waals surface area contributed by atoms with Crippen LogP contribution in [-0.4, -0.2) is 35.5 Å². The second-order valence-corrected chi connectivity index (χ2v) is 5.61. The van der Waals surface area contributed by atoms with Crippen LogP contribution in [0.5, 0.6) is 11.5 Å². The van der Waals surface area contributed by atoms with Gasteiger partial charge < -0.3 is 20.1 Å². The number of halogens is 1. The molecule has 134 valence electrons. The molecule has 0 aliphatic carbocycles. The first kappa shape index (κ1) is 17.6. The van der Waals surface area contributed by atoms with Crippen LogP contribution in [0.4, 0.5) is 17.2 Å². The van der Waals surface area contributed by atoms with Crippen LogP contribution >= 0.6 is 11.6 Å². The van der Waals surface area contributed by atoms with Gasteiger partial charge >= 0.3 is 0 Å². The third-order valence-corrected chi connectivity index (χ3v) is 3.76. The van der Waals surface area contributed by atoms with Gasteiger partial charge in [-0.1, -0.05) is 11.6 Å². The van der Waals surface area contributed by atoms with E-state index in [0.29, 0.717) is 16.5 Å². The average Bonchev–Trinajstić information content (AvgIpc) is 3.11. The number of anilines is 3. The van der Waals surface area contributed by atoms with Gasteiger partial charge in [0.1, 0.15) is 11.5 Å². The van der Waals surface area contributed by atoms with E-state index in [1.807, 2.05) is 0 Å². The van der Waals surface area contributed by atoms with Gasteiger partial charge in [-0.05, 0) is 42.5 Å². The van der Waals surface area contributed by atoms with E-state index in [1.165, 1.54) is 7.11 Å². The van der Waals surface area contributed by atoms with E-state index >= 15 is 0 Å². The molecule has 0 saturated carbocycles. The third kappa shape index (κ3) is 3.86. The fourth-order valence-corrected chi connectivity index (χ4v) is 2.42. The maximum Gasteiger partial charge on any atom is 0.280 e. The fraction of sp³-hybridized carbons (Fsp3) is 0.118. The van der Waals surface area contributed by atoms with Gasteiger partial charge in [0.25, 0.3) is 5.91 Å². The number of nitrogens with one attached hydrogen (secondary N) is 3. The highest BCUT2D eigenvalue weighted by Gasteiger charge is 2.18. The Morgan fingerprint density at radius 2 is 1.85 bits per heavy atom. The zero-order valence-corrected chi connectivity index (χ0v) is 14.8. The molecule has 8 nitrogen and oxygen atoms in total. The highest BCUT2D eigenvalue weighted by atomic mass is 35.5. The molecule has 1 heterocycles. The molecule has 2 aromatic carbocycles. The number of hydrogen-bond acceptors (Lipinski definition) is 6. The molecule has 0 saturated heterocycles. The lowest BCUT2D eigenvalue weighted by molar-refractivity contribution is 0.102. The lowest BCUT2D eigenvalue weighted by Crippen LogP contribution is -2.15. The maximum absolute atomic E-state index is 12.6. The summed E-state index contributed by atoms with van der Waals surface area (Å²) in [5, 5.41) is 16.6. The van der Waals surface area contributed by atoms with E-state index in [-0.39, 0.29) is 11.5 Å². The zero-order valence-electron chi connectivity index (χ0n) is 14.0. The second kappa shape index (κ2) is 7.75. The predicted octanol–water partition coefficient (Wildman–Crippen LogP) is 3.47. The Kier molecular flexibility index (Phi) is 5.23. The van der Waals surface area contributed by atoms with E-state index < -0.39 is 5.91 Å². The summed E-state index contributed by atoms with van der Waals surface area (Å²) in [6.45, 7) is 0. The Hall–Kier alpha value is -3.26. The molecule has 0 unspecified atom stereocenters. The molecule has 0 fully saturated rings. The number of ether oxygens (including phenoxy) is 2. The van der Waals surface area contributed by atoms with Gasteiger partial charge in [-0.15, -0.1) is 10.2 Å². The van der Waals surface area contributed by atoms with Crippen LogP contribution in [0.25, 0.3) is 0 Å². The van der Waals surface area contributed by atoms with E-state index in [2.05, 4.69) is 26.0 Å². The normalized spacial score (nSPS) is 10.3. The van der Waals surface area contributed by atoms with Crippen LogP contribution in [0.1, 0.15) is 10.5 Å². The summed E-state index contributed by atoms with van der Waals surface area (Å²) >= 11 is 5.98. The van der Waals surface area contributed by atoms with Crippen molar-refractivity contribution in [2.24, 2.45) is 0 Å². The molecule has 0 radical (unpaired) electrons. The Morgan fingerprint density at radius 1 is 1.08 bits per heavy atom. The molecule has 1 aromatic heterocycles. The number of nitrogens with zero attached hydrogens (tertiary/aromatic N) is 2. The summed E-state index contributed by atoms with van der Waals surface area (Å²) in [4.78, 5) is 12.6. The standard InChI is InChI=1S/C17H16ClN5O3/c1-25-12-6-4-11(5-7-12)19-16-15(21-23-22-16)17(24)20-13-9-10(18)3-8-14(13)26-2/h3-9H,1-2H3,(H,20,24)(H2,19,21,22,23). The van der Waals surface area contributed by atoms with Gasteiger partial charge in [-0.25, -0.2) is 0 Å². The summed E-state index contributed by atoms with van der Waals surface area (Å²) in [6, 6.07) is 12.1. The van der Waals surface area contributed by atoms with Gasteiger partial charge in [-0.2, -0.15) is 5.21 Å². The summed E-state index contributed by atoms with van der Waals surface area (Å²) in [5.41, 5.74) is 1.26. The lowest BCUT2D eigenvalue weighted by atomic mass is 10.2. The fourth-order valence-electron chi connectivity index (χ4n) is 2.25. The third-order valence-electron chi connectivity index (χ3n) is 3.53. The topological polar surface area (TPSA) is 101 Å². The van der Waals surface area contributed by atoms with Crippen molar-refractivity contribution < 1.29 is 14.3 Å². The van der Waals surface area contributed by atoms with Crippen LogP contribution in [-0.2, 0) is 0 Å². The van der Waals surface area contributed by atoms with Crippen LogP contribution in [0.2, 0.25) is 5.02 Å². The molecule has 0 spiro atoms. The summed E-state index contributed by atoms with van der Waals surface area (Å²) < 4.78 is 10.3. The van der Waals surface area contributed by atoms with E-state index in [0.717, 1.165) is 11.4 Å². The van der Waals surface area contributed by atoms with Crippen LogP contribution in [0, 0.1) is 0 Å². The van der Waals surface area contributed by atoms with Gasteiger partial charge in [0.2, 0.25) is 0 Å². The summed E-state index contributed by atoms with van der Waals surface area (Å²) in [5.74, 6) is 1.03. The minimum Gasteiger partial charge on any atom is -0.497 e.